The zero-order chi connectivity index (χ0) is 21.1. The highest BCUT2D eigenvalue weighted by molar-refractivity contribution is 5.99. The highest BCUT2D eigenvalue weighted by atomic mass is 16.5. The zero-order valence-corrected chi connectivity index (χ0v) is 17.8. The SMILES string of the molecule is COc1ccc(CN(C)C(=O)C2CCCCC2C(=O)N2CCc3ccccc32)cc1. The molecule has 0 N–H and O–H groups in total. The van der Waals surface area contributed by atoms with Gasteiger partial charge in [-0.05, 0) is 48.6 Å². The summed E-state index contributed by atoms with van der Waals surface area (Å²) in [6.07, 6.45) is 4.50. The largest absolute Gasteiger partial charge is 0.497 e. The van der Waals surface area contributed by atoms with Crippen molar-refractivity contribution in [2.45, 2.75) is 38.6 Å². The van der Waals surface area contributed by atoms with E-state index in [1.54, 1.807) is 12.0 Å². The molecule has 0 bridgehead atoms. The Morgan fingerprint density at radius 1 is 1.03 bits per heavy atom. The molecule has 0 aromatic heterocycles. The quantitative estimate of drug-likeness (QED) is 0.753. The summed E-state index contributed by atoms with van der Waals surface area (Å²) in [4.78, 5) is 30.5. The minimum absolute atomic E-state index is 0.0800. The first-order valence-corrected chi connectivity index (χ1v) is 10.9. The third kappa shape index (κ3) is 4.07. The monoisotopic (exact) mass is 406 g/mol. The van der Waals surface area contributed by atoms with Crippen LogP contribution in [0.25, 0.3) is 0 Å². The Kier molecular flexibility index (Phi) is 6.07. The van der Waals surface area contributed by atoms with E-state index in [1.165, 1.54) is 5.56 Å². The molecule has 4 rings (SSSR count). The molecule has 2 aliphatic rings. The smallest absolute Gasteiger partial charge is 0.230 e. The molecule has 1 aliphatic heterocycles. The van der Waals surface area contributed by atoms with Gasteiger partial charge in [-0.3, -0.25) is 9.59 Å². The van der Waals surface area contributed by atoms with Crippen molar-refractivity contribution < 1.29 is 14.3 Å². The lowest BCUT2D eigenvalue weighted by atomic mass is 9.77. The minimum atomic E-state index is -0.234. The number of methoxy groups -OCH3 is 1. The van der Waals surface area contributed by atoms with Crippen LogP contribution >= 0.6 is 0 Å². The molecular weight excluding hydrogens is 376 g/mol. The number of rotatable bonds is 5. The Labute approximate surface area is 178 Å². The standard InChI is InChI=1S/C25H30N2O3/c1-26(17-18-11-13-20(30-2)14-12-18)24(28)21-8-4-5-9-22(21)25(29)27-16-15-19-7-3-6-10-23(19)27/h3,6-7,10-14,21-22H,4-5,8-9,15-17H2,1-2H3. The van der Waals surface area contributed by atoms with Crippen molar-refractivity contribution in [3.05, 3.63) is 59.7 Å². The van der Waals surface area contributed by atoms with E-state index in [0.29, 0.717) is 6.54 Å². The molecule has 1 heterocycles. The second-order valence-corrected chi connectivity index (χ2v) is 8.41. The van der Waals surface area contributed by atoms with E-state index >= 15 is 0 Å². The number of ether oxygens (including phenoxy) is 1. The van der Waals surface area contributed by atoms with Crippen LogP contribution in [0.3, 0.4) is 0 Å². The molecule has 0 saturated heterocycles. The molecule has 2 unspecified atom stereocenters. The number of nitrogens with zero attached hydrogens (tertiary/aromatic N) is 2. The Bertz CT molecular complexity index is 909. The first-order chi connectivity index (χ1) is 14.6. The van der Waals surface area contributed by atoms with Crippen LogP contribution in [-0.2, 0) is 22.6 Å². The first-order valence-electron chi connectivity index (χ1n) is 10.9. The van der Waals surface area contributed by atoms with Gasteiger partial charge < -0.3 is 14.5 Å². The number of anilines is 1. The minimum Gasteiger partial charge on any atom is -0.497 e. The van der Waals surface area contributed by atoms with Crippen LogP contribution in [0.2, 0.25) is 0 Å². The van der Waals surface area contributed by atoms with Crippen LogP contribution < -0.4 is 9.64 Å². The Morgan fingerprint density at radius 2 is 1.73 bits per heavy atom. The van der Waals surface area contributed by atoms with Crippen molar-refractivity contribution in [1.82, 2.24) is 4.90 Å². The first kappa shape index (κ1) is 20.5. The second kappa shape index (κ2) is 8.90. The Morgan fingerprint density at radius 3 is 2.47 bits per heavy atom. The maximum absolute atomic E-state index is 13.5. The van der Waals surface area contributed by atoms with Gasteiger partial charge in [0.05, 0.1) is 13.0 Å². The summed E-state index contributed by atoms with van der Waals surface area (Å²) >= 11 is 0. The number of hydrogen-bond acceptors (Lipinski definition) is 3. The summed E-state index contributed by atoms with van der Waals surface area (Å²) in [6, 6.07) is 15.9. The van der Waals surface area contributed by atoms with Crippen LogP contribution in [0.1, 0.15) is 36.8 Å². The third-order valence-corrected chi connectivity index (χ3v) is 6.51. The van der Waals surface area contributed by atoms with Gasteiger partial charge in [0.25, 0.3) is 0 Å². The molecule has 2 aromatic carbocycles. The maximum Gasteiger partial charge on any atom is 0.230 e. The van der Waals surface area contributed by atoms with E-state index in [1.807, 2.05) is 54.4 Å². The fourth-order valence-corrected chi connectivity index (χ4v) is 4.86. The van der Waals surface area contributed by atoms with Gasteiger partial charge in [0.1, 0.15) is 5.75 Å². The summed E-state index contributed by atoms with van der Waals surface area (Å²) in [6.45, 7) is 1.25. The summed E-state index contributed by atoms with van der Waals surface area (Å²) in [7, 11) is 3.48. The molecule has 1 aliphatic carbocycles. The molecule has 158 valence electrons. The average Bonchev–Trinajstić information content (AvgIpc) is 3.23. The van der Waals surface area contributed by atoms with E-state index in [9.17, 15) is 9.59 Å². The molecule has 1 fully saturated rings. The Hall–Kier alpha value is -2.82. The van der Waals surface area contributed by atoms with E-state index in [-0.39, 0.29) is 23.7 Å². The van der Waals surface area contributed by atoms with Crippen molar-refractivity contribution >= 4 is 17.5 Å². The van der Waals surface area contributed by atoms with Crippen LogP contribution in [0.15, 0.2) is 48.5 Å². The number of carbonyl (C=O) groups is 2. The van der Waals surface area contributed by atoms with Gasteiger partial charge in [-0.2, -0.15) is 0 Å². The fraction of sp³-hybridized carbons (Fsp3) is 0.440. The highest BCUT2D eigenvalue weighted by Gasteiger charge is 2.40. The second-order valence-electron chi connectivity index (χ2n) is 8.41. The predicted molar refractivity (Wildman–Crippen MR) is 117 cm³/mol. The normalized spacial score (nSPS) is 20.5. The van der Waals surface area contributed by atoms with Gasteiger partial charge in [0.2, 0.25) is 11.8 Å². The highest BCUT2D eigenvalue weighted by Crippen LogP contribution is 2.36. The predicted octanol–water partition coefficient (Wildman–Crippen LogP) is 4.05. The van der Waals surface area contributed by atoms with Crippen molar-refractivity contribution in [2.24, 2.45) is 11.8 Å². The van der Waals surface area contributed by atoms with Crippen molar-refractivity contribution in [1.29, 1.82) is 0 Å². The van der Waals surface area contributed by atoms with Crippen molar-refractivity contribution in [2.75, 3.05) is 25.6 Å². The Balaban J connectivity index is 1.47. The van der Waals surface area contributed by atoms with Gasteiger partial charge in [-0.25, -0.2) is 0 Å². The van der Waals surface area contributed by atoms with Crippen LogP contribution in [-0.4, -0.2) is 37.4 Å². The van der Waals surface area contributed by atoms with Gasteiger partial charge in [0, 0.05) is 31.7 Å². The molecule has 2 atom stereocenters. The summed E-state index contributed by atoms with van der Waals surface area (Å²) in [5, 5.41) is 0. The molecule has 2 aromatic rings. The lowest BCUT2D eigenvalue weighted by molar-refractivity contribution is -0.142. The van der Waals surface area contributed by atoms with E-state index in [0.717, 1.165) is 55.6 Å². The van der Waals surface area contributed by atoms with Gasteiger partial charge >= 0.3 is 0 Å². The number of benzene rings is 2. The van der Waals surface area contributed by atoms with E-state index < -0.39 is 0 Å². The van der Waals surface area contributed by atoms with Gasteiger partial charge in [-0.1, -0.05) is 43.2 Å². The van der Waals surface area contributed by atoms with Gasteiger partial charge in [0.15, 0.2) is 0 Å². The lowest BCUT2D eigenvalue weighted by Crippen LogP contribution is -2.45. The van der Waals surface area contributed by atoms with E-state index in [2.05, 4.69) is 6.07 Å². The molecule has 5 nitrogen and oxygen atoms in total. The molecule has 30 heavy (non-hydrogen) atoms. The number of amides is 2. The third-order valence-electron chi connectivity index (χ3n) is 6.51. The van der Waals surface area contributed by atoms with E-state index in [4.69, 9.17) is 4.74 Å². The summed E-state index contributed by atoms with van der Waals surface area (Å²) < 4.78 is 5.21. The number of hydrogen-bond donors (Lipinski definition) is 0. The molecule has 0 spiro atoms. The van der Waals surface area contributed by atoms with Crippen LogP contribution in [0.4, 0.5) is 5.69 Å². The van der Waals surface area contributed by atoms with Crippen LogP contribution in [0, 0.1) is 11.8 Å². The fourth-order valence-electron chi connectivity index (χ4n) is 4.86. The molecule has 0 radical (unpaired) electrons. The number of para-hydroxylation sites is 1. The topological polar surface area (TPSA) is 49.9 Å². The number of carbonyl (C=O) groups excluding carboxylic acids is 2. The van der Waals surface area contributed by atoms with Gasteiger partial charge in [-0.15, -0.1) is 0 Å². The molecular formula is C25H30N2O3. The van der Waals surface area contributed by atoms with Crippen molar-refractivity contribution in [3.8, 4) is 5.75 Å². The molecule has 1 saturated carbocycles. The summed E-state index contributed by atoms with van der Waals surface area (Å²) in [5.41, 5.74) is 3.30. The average molecular weight is 407 g/mol. The molecule has 2 amide bonds. The lowest BCUT2D eigenvalue weighted by Gasteiger charge is -2.35. The summed E-state index contributed by atoms with van der Waals surface area (Å²) in [5.74, 6) is 0.543. The van der Waals surface area contributed by atoms with Crippen LogP contribution in [0.5, 0.6) is 5.75 Å². The zero-order valence-electron chi connectivity index (χ0n) is 17.8. The van der Waals surface area contributed by atoms with Crippen molar-refractivity contribution in [3.63, 3.8) is 0 Å². The number of fused-ring (bicyclic) bond motifs is 1. The maximum atomic E-state index is 13.5. The molecule has 5 heteroatoms.